The SMILES string of the molecule is O=S(COS(=O)(=O)CCCCCCS(=O)(=O)OCS(=O)OC1CCCCC1)OC1CCCCC1. The standard InChI is InChI=1S/C20H38O10S4/c21-31(29-19-11-5-3-6-12-19)17-27-33(23,24)15-9-1-2-10-16-34(25,26)28-18-32(22)30-20-13-7-4-8-14-20/h19-20H,1-18H2. The van der Waals surface area contributed by atoms with Crippen molar-refractivity contribution < 1.29 is 42.0 Å². The predicted molar refractivity (Wildman–Crippen MR) is 130 cm³/mol. The summed E-state index contributed by atoms with van der Waals surface area (Å²) in [4.78, 5) is 0. The van der Waals surface area contributed by atoms with Crippen molar-refractivity contribution >= 4 is 42.4 Å². The smallest absolute Gasteiger partial charge is 0.268 e. The van der Waals surface area contributed by atoms with Crippen LogP contribution in [-0.2, 0) is 59.1 Å². The van der Waals surface area contributed by atoms with Gasteiger partial charge in [0.25, 0.3) is 20.2 Å². The minimum atomic E-state index is -3.83. The van der Waals surface area contributed by atoms with Gasteiger partial charge in [0, 0.05) is 0 Å². The van der Waals surface area contributed by atoms with E-state index in [0.717, 1.165) is 64.2 Å². The van der Waals surface area contributed by atoms with Crippen molar-refractivity contribution in [2.45, 2.75) is 102 Å². The number of hydrogen-bond donors (Lipinski definition) is 0. The highest BCUT2D eigenvalue weighted by Crippen LogP contribution is 2.22. The molecule has 0 amide bonds. The first kappa shape index (κ1) is 30.3. The molecular formula is C20H38O10S4. The van der Waals surface area contributed by atoms with Gasteiger partial charge in [-0.3, -0.25) is 16.7 Å². The van der Waals surface area contributed by atoms with E-state index in [-0.39, 0.29) is 23.7 Å². The van der Waals surface area contributed by atoms with Gasteiger partial charge < -0.3 is 0 Å². The monoisotopic (exact) mass is 566 g/mol. The topological polar surface area (TPSA) is 139 Å². The minimum Gasteiger partial charge on any atom is -0.285 e. The van der Waals surface area contributed by atoms with Gasteiger partial charge in [0.2, 0.25) is 0 Å². The minimum absolute atomic E-state index is 0.106. The lowest BCUT2D eigenvalue weighted by Gasteiger charge is -2.20. The second-order valence-electron chi connectivity index (χ2n) is 8.73. The Kier molecular flexibility index (Phi) is 14.2. The zero-order valence-electron chi connectivity index (χ0n) is 19.6. The highest BCUT2D eigenvalue weighted by Gasteiger charge is 2.21. The molecule has 202 valence electrons. The summed E-state index contributed by atoms with van der Waals surface area (Å²) in [5.74, 6) is -1.51. The Morgan fingerprint density at radius 3 is 1.26 bits per heavy atom. The first-order valence-electron chi connectivity index (χ1n) is 12.0. The van der Waals surface area contributed by atoms with E-state index in [0.29, 0.717) is 25.7 Å². The van der Waals surface area contributed by atoms with E-state index in [2.05, 4.69) is 0 Å². The Morgan fingerprint density at radius 2 is 0.912 bits per heavy atom. The summed E-state index contributed by atoms with van der Waals surface area (Å²) < 4.78 is 91.8. The third-order valence-corrected chi connectivity index (χ3v) is 10.2. The number of rotatable bonds is 17. The van der Waals surface area contributed by atoms with Gasteiger partial charge >= 0.3 is 0 Å². The molecule has 0 heterocycles. The highest BCUT2D eigenvalue weighted by atomic mass is 32.2. The lowest BCUT2D eigenvalue weighted by molar-refractivity contribution is 0.169. The molecule has 2 aliphatic rings. The Balaban J connectivity index is 1.51. The van der Waals surface area contributed by atoms with Crippen LogP contribution in [0.5, 0.6) is 0 Å². The van der Waals surface area contributed by atoms with Gasteiger partial charge in [-0.2, -0.15) is 16.8 Å². The summed E-state index contributed by atoms with van der Waals surface area (Å²) in [5.41, 5.74) is 0. The molecule has 34 heavy (non-hydrogen) atoms. The molecule has 10 nitrogen and oxygen atoms in total. The molecule has 0 bridgehead atoms. The van der Waals surface area contributed by atoms with Gasteiger partial charge in [0.05, 0.1) is 23.7 Å². The number of hydrogen-bond acceptors (Lipinski definition) is 10. The quantitative estimate of drug-likeness (QED) is 0.190. The molecule has 0 N–H and O–H groups in total. The van der Waals surface area contributed by atoms with Crippen molar-refractivity contribution in [2.75, 3.05) is 23.4 Å². The van der Waals surface area contributed by atoms with Crippen LogP contribution in [-0.4, -0.2) is 60.8 Å². The van der Waals surface area contributed by atoms with E-state index >= 15 is 0 Å². The van der Waals surface area contributed by atoms with Gasteiger partial charge in [-0.05, 0) is 38.5 Å². The molecule has 0 aliphatic heterocycles. The average molecular weight is 567 g/mol. The van der Waals surface area contributed by atoms with Gasteiger partial charge in [0.15, 0.2) is 34.0 Å². The fourth-order valence-electron chi connectivity index (χ4n) is 3.94. The molecule has 2 fully saturated rings. The van der Waals surface area contributed by atoms with Crippen LogP contribution in [0.1, 0.15) is 89.9 Å². The normalized spacial score (nSPS) is 20.8. The van der Waals surface area contributed by atoms with E-state index in [1.807, 2.05) is 0 Å². The molecule has 0 aromatic carbocycles. The Hall–Kier alpha value is 0.0400. The van der Waals surface area contributed by atoms with Gasteiger partial charge in [-0.1, -0.05) is 51.4 Å². The van der Waals surface area contributed by atoms with Crippen molar-refractivity contribution in [1.29, 1.82) is 0 Å². The van der Waals surface area contributed by atoms with Crippen molar-refractivity contribution in [3.8, 4) is 0 Å². The summed E-state index contributed by atoms with van der Waals surface area (Å²) in [6.45, 7) is 0. The van der Waals surface area contributed by atoms with Crippen molar-refractivity contribution in [1.82, 2.24) is 0 Å². The van der Waals surface area contributed by atoms with E-state index in [4.69, 9.17) is 16.7 Å². The fraction of sp³-hybridized carbons (Fsp3) is 1.00. The highest BCUT2D eigenvalue weighted by molar-refractivity contribution is 7.88. The Bertz CT molecular complexity index is 761. The van der Waals surface area contributed by atoms with Crippen LogP contribution in [0.15, 0.2) is 0 Å². The second kappa shape index (κ2) is 16.0. The summed E-state index contributed by atoms with van der Waals surface area (Å²) in [7, 11) is -7.65. The molecule has 0 aromatic heterocycles. The Labute approximate surface area is 209 Å². The molecule has 0 spiro atoms. The molecule has 2 aliphatic carbocycles. The van der Waals surface area contributed by atoms with Crippen LogP contribution in [0.3, 0.4) is 0 Å². The first-order chi connectivity index (χ1) is 16.2. The second-order valence-corrected chi connectivity index (χ2v) is 14.3. The lowest BCUT2D eigenvalue weighted by Crippen LogP contribution is -2.22. The van der Waals surface area contributed by atoms with Crippen molar-refractivity contribution in [2.24, 2.45) is 0 Å². The fourth-order valence-corrected chi connectivity index (χ4v) is 8.19. The lowest BCUT2D eigenvalue weighted by atomic mass is 9.98. The third kappa shape index (κ3) is 14.0. The maximum absolute atomic E-state index is 11.9. The zero-order chi connectivity index (χ0) is 24.9. The summed E-state index contributed by atoms with van der Waals surface area (Å²) in [6.07, 6.45) is 11.0. The zero-order valence-corrected chi connectivity index (χ0v) is 22.9. The molecule has 2 atom stereocenters. The third-order valence-electron chi connectivity index (χ3n) is 5.78. The van der Waals surface area contributed by atoms with Crippen LogP contribution in [0, 0.1) is 0 Å². The van der Waals surface area contributed by atoms with Crippen molar-refractivity contribution in [3.63, 3.8) is 0 Å². The maximum Gasteiger partial charge on any atom is 0.268 e. The molecule has 0 radical (unpaired) electrons. The van der Waals surface area contributed by atoms with Crippen LogP contribution >= 0.6 is 0 Å². The van der Waals surface area contributed by atoms with E-state index in [1.54, 1.807) is 0 Å². The molecule has 2 saturated carbocycles. The molecule has 0 saturated heterocycles. The maximum atomic E-state index is 11.9. The molecular weight excluding hydrogens is 528 g/mol. The van der Waals surface area contributed by atoms with E-state index in [9.17, 15) is 25.3 Å². The number of unbranched alkanes of at least 4 members (excludes halogenated alkanes) is 3. The van der Waals surface area contributed by atoms with Crippen molar-refractivity contribution in [3.05, 3.63) is 0 Å². The van der Waals surface area contributed by atoms with Gasteiger partial charge in [-0.15, -0.1) is 0 Å². The summed E-state index contributed by atoms with van der Waals surface area (Å²) >= 11 is -3.61. The van der Waals surface area contributed by atoms with Crippen LogP contribution in [0.2, 0.25) is 0 Å². The molecule has 2 rings (SSSR count). The summed E-state index contributed by atoms with van der Waals surface area (Å²) in [6, 6.07) is 0. The van der Waals surface area contributed by atoms with Crippen LogP contribution in [0.4, 0.5) is 0 Å². The predicted octanol–water partition coefficient (Wildman–Crippen LogP) is 3.18. The molecule has 0 aromatic rings. The van der Waals surface area contributed by atoms with E-state index < -0.39 is 54.3 Å². The average Bonchev–Trinajstić information content (AvgIpc) is 2.80. The van der Waals surface area contributed by atoms with E-state index in [1.165, 1.54) is 0 Å². The van der Waals surface area contributed by atoms with Crippen LogP contribution < -0.4 is 0 Å². The van der Waals surface area contributed by atoms with Gasteiger partial charge in [0.1, 0.15) is 0 Å². The largest absolute Gasteiger partial charge is 0.285 e. The van der Waals surface area contributed by atoms with Crippen LogP contribution in [0.25, 0.3) is 0 Å². The molecule has 2 unspecified atom stereocenters. The van der Waals surface area contributed by atoms with Gasteiger partial charge in [-0.25, -0.2) is 8.42 Å². The molecule has 14 heteroatoms. The summed E-state index contributed by atoms with van der Waals surface area (Å²) in [5, 5.41) is 0. The first-order valence-corrected chi connectivity index (χ1v) is 17.6. The Morgan fingerprint density at radius 1 is 0.559 bits per heavy atom.